The van der Waals surface area contributed by atoms with Gasteiger partial charge in [0.05, 0.1) is 0 Å². The van der Waals surface area contributed by atoms with Gasteiger partial charge in [0.15, 0.2) is 0 Å². The van der Waals surface area contributed by atoms with Crippen LogP contribution in [0.5, 0.6) is 0 Å². The number of rotatable bonds is 5. The molecular formula is C16H25FN2O. The minimum atomic E-state index is -0.218. The summed E-state index contributed by atoms with van der Waals surface area (Å²) >= 11 is 0. The van der Waals surface area contributed by atoms with Crippen molar-refractivity contribution < 1.29 is 9.50 Å². The van der Waals surface area contributed by atoms with Gasteiger partial charge >= 0.3 is 0 Å². The van der Waals surface area contributed by atoms with Crippen LogP contribution >= 0.6 is 0 Å². The van der Waals surface area contributed by atoms with Gasteiger partial charge in [-0.3, -0.25) is 4.90 Å². The fourth-order valence-corrected chi connectivity index (χ4v) is 3.11. The maximum atomic E-state index is 13.1. The third-order valence-corrected chi connectivity index (χ3v) is 4.29. The molecule has 112 valence electrons. The monoisotopic (exact) mass is 280 g/mol. The average Bonchev–Trinajstić information content (AvgIpc) is 2.49. The second kappa shape index (κ2) is 7.16. The van der Waals surface area contributed by atoms with Crippen LogP contribution in [0, 0.1) is 11.7 Å². The molecule has 0 bridgehead atoms. The lowest BCUT2D eigenvalue weighted by Gasteiger charge is -2.40. The van der Waals surface area contributed by atoms with Crippen LogP contribution in [0.25, 0.3) is 0 Å². The summed E-state index contributed by atoms with van der Waals surface area (Å²) in [6, 6.07) is 6.79. The van der Waals surface area contributed by atoms with Gasteiger partial charge < -0.3 is 10.8 Å². The molecule has 0 radical (unpaired) electrons. The summed E-state index contributed by atoms with van der Waals surface area (Å²) in [6.45, 7) is 4.17. The number of likely N-dealkylation sites (tertiary alicyclic amines) is 1. The molecule has 1 aromatic carbocycles. The highest BCUT2D eigenvalue weighted by atomic mass is 19.1. The minimum Gasteiger partial charge on any atom is -0.396 e. The van der Waals surface area contributed by atoms with Crippen LogP contribution in [0.15, 0.2) is 24.3 Å². The highest BCUT2D eigenvalue weighted by Crippen LogP contribution is 2.30. The van der Waals surface area contributed by atoms with Crippen molar-refractivity contribution >= 4 is 0 Å². The van der Waals surface area contributed by atoms with Crippen molar-refractivity contribution in [3.8, 4) is 0 Å². The first kappa shape index (κ1) is 15.4. The molecule has 4 heteroatoms. The first-order valence-electron chi connectivity index (χ1n) is 7.51. The van der Waals surface area contributed by atoms with Crippen LogP contribution in [0.1, 0.15) is 37.8 Å². The molecule has 0 amide bonds. The molecule has 1 aliphatic rings. The molecule has 1 saturated heterocycles. The summed E-state index contributed by atoms with van der Waals surface area (Å²) < 4.78 is 13.1. The number of piperidine rings is 1. The lowest BCUT2D eigenvalue weighted by molar-refractivity contribution is 0.0763. The molecule has 2 rings (SSSR count). The Labute approximate surface area is 120 Å². The predicted octanol–water partition coefficient (Wildman–Crippen LogP) is 2.31. The second-order valence-electron chi connectivity index (χ2n) is 5.75. The van der Waals surface area contributed by atoms with E-state index in [9.17, 15) is 9.50 Å². The fraction of sp³-hybridized carbons (Fsp3) is 0.625. The summed E-state index contributed by atoms with van der Waals surface area (Å²) in [5.41, 5.74) is 7.38. The Bertz CT molecular complexity index is 409. The lowest BCUT2D eigenvalue weighted by atomic mass is 9.91. The van der Waals surface area contributed by atoms with Crippen LogP contribution < -0.4 is 5.73 Å². The zero-order valence-corrected chi connectivity index (χ0v) is 12.1. The van der Waals surface area contributed by atoms with Crippen LogP contribution in [0.2, 0.25) is 0 Å². The van der Waals surface area contributed by atoms with Gasteiger partial charge in [-0.15, -0.1) is 0 Å². The molecule has 0 saturated carbocycles. The molecule has 1 aliphatic heterocycles. The van der Waals surface area contributed by atoms with Crippen LogP contribution in [-0.4, -0.2) is 35.7 Å². The Hall–Kier alpha value is -0.970. The molecular weight excluding hydrogens is 255 g/mol. The van der Waals surface area contributed by atoms with Gasteiger partial charge in [-0.1, -0.05) is 19.1 Å². The number of hydrogen-bond donors (Lipinski definition) is 2. The molecule has 0 spiro atoms. The molecule has 3 atom stereocenters. The Morgan fingerprint density at radius 2 is 2.10 bits per heavy atom. The van der Waals surface area contributed by atoms with Gasteiger partial charge in [-0.2, -0.15) is 0 Å². The highest BCUT2D eigenvalue weighted by Gasteiger charge is 2.29. The third-order valence-electron chi connectivity index (χ3n) is 4.29. The largest absolute Gasteiger partial charge is 0.396 e. The van der Waals surface area contributed by atoms with Crippen molar-refractivity contribution in [2.24, 2.45) is 11.7 Å². The smallest absolute Gasteiger partial charge is 0.123 e. The number of aliphatic hydroxyl groups is 1. The summed E-state index contributed by atoms with van der Waals surface area (Å²) in [4.78, 5) is 2.35. The van der Waals surface area contributed by atoms with Crippen LogP contribution in [-0.2, 0) is 0 Å². The van der Waals surface area contributed by atoms with E-state index in [2.05, 4.69) is 11.8 Å². The van der Waals surface area contributed by atoms with E-state index in [1.807, 2.05) is 12.1 Å². The maximum absolute atomic E-state index is 13.1. The highest BCUT2D eigenvalue weighted by molar-refractivity contribution is 5.22. The molecule has 1 fully saturated rings. The van der Waals surface area contributed by atoms with Gasteiger partial charge in [0.25, 0.3) is 0 Å². The molecule has 3 nitrogen and oxygen atoms in total. The molecule has 3 unspecified atom stereocenters. The van der Waals surface area contributed by atoms with E-state index in [0.29, 0.717) is 5.92 Å². The molecule has 0 aromatic heterocycles. The van der Waals surface area contributed by atoms with E-state index in [1.54, 1.807) is 0 Å². The zero-order valence-electron chi connectivity index (χ0n) is 12.1. The zero-order chi connectivity index (χ0) is 14.5. The van der Waals surface area contributed by atoms with Gasteiger partial charge in [0.2, 0.25) is 0 Å². The van der Waals surface area contributed by atoms with E-state index >= 15 is 0 Å². The van der Waals surface area contributed by atoms with Gasteiger partial charge in [-0.25, -0.2) is 4.39 Å². The first-order valence-corrected chi connectivity index (χ1v) is 7.51. The number of nitrogens with two attached hydrogens (primary N) is 1. The maximum Gasteiger partial charge on any atom is 0.123 e. The molecule has 1 aromatic rings. The quantitative estimate of drug-likeness (QED) is 0.870. The number of nitrogens with zero attached hydrogens (tertiary/aromatic N) is 1. The Kier molecular flexibility index (Phi) is 5.52. The Balaban J connectivity index is 2.20. The minimum absolute atomic E-state index is 0.0258. The van der Waals surface area contributed by atoms with Gasteiger partial charge in [0, 0.05) is 25.2 Å². The summed E-state index contributed by atoms with van der Waals surface area (Å²) in [6.07, 6.45) is 3.03. The number of aliphatic hydroxyl groups excluding tert-OH is 1. The first-order chi connectivity index (χ1) is 9.65. The Morgan fingerprint density at radius 3 is 2.70 bits per heavy atom. The normalized spacial score (nSPS) is 23.5. The summed E-state index contributed by atoms with van der Waals surface area (Å²) in [5, 5.41) is 9.39. The number of benzene rings is 1. The van der Waals surface area contributed by atoms with Crippen molar-refractivity contribution in [3.05, 3.63) is 35.6 Å². The summed E-state index contributed by atoms with van der Waals surface area (Å²) in [5.74, 6) is 0.111. The van der Waals surface area contributed by atoms with Crippen molar-refractivity contribution in [2.75, 3.05) is 19.7 Å². The molecule has 1 heterocycles. The fourth-order valence-electron chi connectivity index (χ4n) is 3.11. The van der Waals surface area contributed by atoms with Crippen molar-refractivity contribution in [3.63, 3.8) is 0 Å². The van der Waals surface area contributed by atoms with Crippen molar-refractivity contribution in [2.45, 2.75) is 38.3 Å². The predicted molar refractivity (Wildman–Crippen MR) is 78.8 cm³/mol. The third kappa shape index (κ3) is 3.57. The number of hydrogen-bond acceptors (Lipinski definition) is 3. The van der Waals surface area contributed by atoms with E-state index in [-0.39, 0.29) is 24.5 Å². The van der Waals surface area contributed by atoms with Gasteiger partial charge in [-0.05, 0) is 49.4 Å². The van der Waals surface area contributed by atoms with E-state index in [1.165, 1.54) is 12.1 Å². The van der Waals surface area contributed by atoms with Crippen LogP contribution in [0.3, 0.4) is 0 Å². The van der Waals surface area contributed by atoms with Crippen molar-refractivity contribution in [1.29, 1.82) is 0 Å². The standard InChI is InChI=1S/C16H25FN2O/c1-2-15(18)16(13-5-7-14(17)8-6-13)19-9-3-4-12(10-19)11-20/h5-8,12,15-16,20H,2-4,9-11,18H2,1H3. The summed E-state index contributed by atoms with van der Waals surface area (Å²) in [7, 11) is 0. The number of halogens is 1. The average molecular weight is 280 g/mol. The van der Waals surface area contributed by atoms with E-state index in [0.717, 1.165) is 37.9 Å². The van der Waals surface area contributed by atoms with Crippen molar-refractivity contribution in [1.82, 2.24) is 4.90 Å². The van der Waals surface area contributed by atoms with Gasteiger partial charge in [0.1, 0.15) is 5.82 Å². The molecule has 20 heavy (non-hydrogen) atoms. The topological polar surface area (TPSA) is 49.5 Å². The van der Waals surface area contributed by atoms with E-state index in [4.69, 9.17) is 5.73 Å². The molecule has 0 aliphatic carbocycles. The Morgan fingerprint density at radius 1 is 1.40 bits per heavy atom. The second-order valence-corrected chi connectivity index (χ2v) is 5.75. The molecule has 3 N–H and O–H groups in total. The SMILES string of the molecule is CCC(N)C(c1ccc(F)cc1)N1CCCC(CO)C1. The van der Waals surface area contributed by atoms with Crippen LogP contribution in [0.4, 0.5) is 4.39 Å². The van der Waals surface area contributed by atoms with E-state index < -0.39 is 0 Å². The lowest BCUT2D eigenvalue weighted by Crippen LogP contribution is -2.46.